The summed E-state index contributed by atoms with van der Waals surface area (Å²) in [5, 5.41) is 15.4. The Kier molecular flexibility index (Phi) is 9.51. The maximum Gasteiger partial charge on any atom is 0.227 e. The van der Waals surface area contributed by atoms with Crippen molar-refractivity contribution >= 4 is 0 Å². The molecule has 0 saturated heterocycles. The first-order chi connectivity index (χ1) is 16.4. The molecule has 1 heterocycles. The van der Waals surface area contributed by atoms with Crippen LogP contribution in [0.2, 0.25) is 0 Å². The molecule has 1 aromatic heterocycles. The number of ether oxygens (including phenoxy) is 3. The van der Waals surface area contributed by atoms with E-state index in [1.54, 1.807) is 7.11 Å². The molecule has 1 N–H and O–H groups in total. The highest BCUT2D eigenvalue weighted by Gasteiger charge is 2.22. The van der Waals surface area contributed by atoms with E-state index in [2.05, 4.69) is 11.8 Å². The lowest BCUT2D eigenvalue weighted by Gasteiger charge is -2.25. The van der Waals surface area contributed by atoms with Crippen LogP contribution >= 0.6 is 0 Å². The van der Waals surface area contributed by atoms with Crippen molar-refractivity contribution in [3.8, 4) is 23.1 Å². The van der Waals surface area contributed by atoms with Crippen LogP contribution < -0.4 is 9.47 Å². The zero-order valence-electron chi connectivity index (χ0n) is 20.9. The lowest BCUT2D eigenvalue weighted by atomic mass is 10.2. The van der Waals surface area contributed by atoms with Crippen LogP contribution in [0.5, 0.6) is 17.4 Å². The second-order valence-electron chi connectivity index (χ2n) is 8.67. The molecule has 0 amide bonds. The highest BCUT2D eigenvalue weighted by molar-refractivity contribution is 5.44. The molecule has 2 aromatic carbocycles. The molecule has 7 nitrogen and oxygen atoms in total. The van der Waals surface area contributed by atoms with Crippen molar-refractivity contribution in [2.75, 3.05) is 26.8 Å². The predicted molar refractivity (Wildman–Crippen MR) is 134 cm³/mol. The molecule has 0 aliphatic rings. The summed E-state index contributed by atoms with van der Waals surface area (Å²) in [6, 6.07) is 17.5. The Morgan fingerprint density at radius 2 is 1.79 bits per heavy atom. The third-order valence-corrected chi connectivity index (χ3v) is 5.41. The minimum absolute atomic E-state index is 0.0866. The Morgan fingerprint density at radius 1 is 1.06 bits per heavy atom. The Bertz CT molecular complexity index is 1020. The molecule has 0 aliphatic carbocycles. The van der Waals surface area contributed by atoms with E-state index in [4.69, 9.17) is 19.3 Å². The maximum absolute atomic E-state index is 10.6. The van der Waals surface area contributed by atoms with Gasteiger partial charge in [-0.25, -0.2) is 4.68 Å². The first kappa shape index (κ1) is 25.7. The first-order valence-electron chi connectivity index (χ1n) is 11.9. The number of methoxy groups -OCH3 is 1. The van der Waals surface area contributed by atoms with Crippen LogP contribution in [0.3, 0.4) is 0 Å². The van der Waals surface area contributed by atoms with E-state index in [0.717, 1.165) is 35.7 Å². The molecule has 0 spiro atoms. The number of nitrogens with zero attached hydrogens (tertiary/aromatic N) is 3. The van der Waals surface area contributed by atoms with Crippen molar-refractivity contribution in [3.05, 3.63) is 65.9 Å². The standard InChI is InChI=1S/C27H37N3O4/c1-6-15-29(17-23(31)19-33-20(2)3)18-26-21(4)28-30(22-11-8-7-9-12-22)27(26)34-25-14-10-13-24(16-25)32-5/h7-14,16,20,23,31H,6,15,17-19H2,1-5H3/t23-/m0/s1. The van der Waals surface area contributed by atoms with Gasteiger partial charge in [-0.3, -0.25) is 4.90 Å². The Balaban J connectivity index is 1.93. The number of hydrogen-bond acceptors (Lipinski definition) is 6. The first-order valence-corrected chi connectivity index (χ1v) is 11.9. The average molecular weight is 468 g/mol. The topological polar surface area (TPSA) is 69.0 Å². The summed E-state index contributed by atoms with van der Waals surface area (Å²) >= 11 is 0. The zero-order valence-corrected chi connectivity index (χ0v) is 20.9. The Labute approximate surface area is 202 Å². The number of aryl methyl sites for hydroxylation is 1. The van der Waals surface area contributed by atoms with Crippen molar-refractivity contribution in [1.82, 2.24) is 14.7 Å². The molecule has 184 valence electrons. The quantitative estimate of drug-likeness (QED) is 0.382. The molecule has 3 rings (SSSR count). The molecule has 0 unspecified atom stereocenters. The SMILES string of the molecule is CCCN(Cc1c(C)nn(-c2ccccc2)c1Oc1cccc(OC)c1)C[C@H](O)COC(C)C. The van der Waals surface area contributed by atoms with Crippen molar-refractivity contribution in [2.24, 2.45) is 0 Å². The largest absolute Gasteiger partial charge is 0.497 e. The molecule has 0 radical (unpaired) electrons. The maximum atomic E-state index is 10.6. The van der Waals surface area contributed by atoms with Gasteiger partial charge in [0, 0.05) is 19.2 Å². The molecule has 1 atom stereocenters. The number of aliphatic hydroxyl groups excluding tert-OH is 1. The Morgan fingerprint density at radius 3 is 2.47 bits per heavy atom. The number of rotatable bonds is 13. The fourth-order valence-electron chi connectivity index (χ4n) is 3.77. The molecular weight excluding hydrogens is 430 g/mol. The van der Waals surface area contributed by atoms with Crippen molar-refractivity contribution in [1.29, 1.82) is 0 Å². The Hall–Kier alpha value is -2.87. The second kappa shape index (κ2) is 12.6. The normalized spacial score (nSPS) is 12.4. The molecular formula is C27H37N3O4. The third kappa shape index (κ3) is 7.06. The van der Waals surface area contributed by atoms with Gasteiger partial charge in [0.15, 0.2) is 0 Å². The predicted octanol–water partition coefficient (Wildman–Crippen LogP) is 4.98. The van der Waals surface area contributed by atoms with Gasteiger partial charge in [0.05, 0.1) is 42.9 Å². The van der Waals surface area contributed by atoms with E-state index in [0.29, 0.717) is 31.3 Å². The summed E-state index contributed by atoms with van der Waals surface area (Å²) in [6.45, 7) is 10.3. The van der Waals surface area contributed by atoms with Gasteiger partial charge < -0.3 is 19.3 Å². The van der Waals surface area contributed by atoms with Crippen LogP contribution in [0.25, 0.3) is 5.69 Å². The minimum Gasteiger partial charge on any atom is -0.497 e. The minimum atomic E-state index is -0.568. The highest BCUT2D eigenvalue weighted by Crippen LogP contribution is 2.33. The summed E-state index contributed by atoms with van der Waals surface area (Å²) in [4.78, 5) is 2.23. The van der Waals surface area contributed by atoms with Gasteiger partial charge in [0.25, 0.3) is 0 Å². The van der Waals surface area contributed by atoms with Gasteiger partial charge in [-0.2, -0.15) is 5.10 Å². The zero-order chi connectivity index (χ0) is 24.5. The van der Waals surface area contributed by atoms with Gasteiger partial charge in [-0.05, 0) is 58.0 Å². The number of para-hydroxylation sites is 1. The van der Waals surface area contributed by atoms with Gasteiger partial charge in [0.2, 0.25) is 5.88 Å². The van der Waals surface area contributed by atoms with Gasteiger partial charge in [0.1, 0.15) is 11.5 Å². The lowest BCUT2D eigenvalue weighted by molar-refractivity contribution is -0.00957. The number of benzene rings is 2. The molecule has 0 fully saturated rings. The van der Waals surface area contributed by atoms with Crippen LogP contribution in [-0.4, -0.2) is 58.8 Å². The van der Waals surface area contributed by atoms with Crippen molar-refractivity contribution in [2.45, 2.75) is 52.9 Å². The van der Waals surface area contributed by atoms with Gasteiger partial charge in [-0.15, -0.1) is 0 Å². The van der Waals surface area contributed by atoms with E-state index in [1.807, 2.05) is 80.1 Å². The lowest BCUT2D eigenvalue weighted by Crippen LogP contribution is -2.35. The monoisotopic (exact) mass is 467 g/mol. The fourth-order valence-corrected chi connectivity index (χ4v) is 3.77. The summed E-state index contributed by atoms with van der Waals surface area (Å²) in [7, 11) is 1.64. The number of aromatic nitrogens is 2. The molecule has 0 bridgehead atoms. The van der Waals surface area contributed by atoms with Crippen LogP contribution in [0.15, 0.2) is 54.6 Å². The summed E-state index contributed by atoms with van der Waals surface area (Å²) < 4.78 is 19.3. The molecule has 3 aromatic rings. The molecule has 34 heavy (non-hydrogen) atoms. The van der Waals surface area contributed by atoms with Gasteiger partial charge in [-0.1, -0.05) is 31.2 Å². The van der Waals surface area contributed by atoms with E-state index in [9.17, 15) is 5.11 Å². The summed E-state index contributed by atoms with van der Waals surface area (Å²) in [5.74, 6) is 2.05. The van der Waals surface area contributed by atoms with Crippen molar-refractivity contribution < 1.29 is 19.3 Å². The molecule has 0 saturated carbocycles. The molecule has 0 aliphatic heterocycles. The molecule has 7 heteroatoms. The highest BCUT2D eigenvalue weighted by atomic mass is 16.5. The van der Waals surface area contributed by atoms with Gasteiger partial charge >= 0.3 is 0 Å². The smallest absolute Gasteiger partial charge is 0.227 e. The fraction of sp³-hybridized carbons (Fsp3) is 0.444. The van der Waals surface area contributed by atoms with E-state index in [1.165, 1.54) is 0 Å². The van der Waals surface area contributed by atoms with Crippen LogP contribution in [0, 0.1) is 6.92 Å². The number of hydrogen-bond donors (Lipinski definition) is 1. The average Bonchev–Trinajstić information content (AvgIpc) is 3.13. The van der Waals surface area contributed by atoms with Crippen LogP contribution in [-0.2, 0) is 11.3 Å². The van der Waals surface area contributed by atoms with Crippen LogP contribution in [0.1, 0.15) is 38.4 Å². The number of aliphatic hydroxyl groups is 1. The van der Waals surface area contributed by atoms with Crippen LogP contribution in [0.4, 0.5) is 0 Å². The second-order valence-corrected chi connectivity index (χ2v) is 8.67. The summed E-state index contributed by atoms with van der Waals surface area (Å²) in [5.41, 5.74) is 2.79. The van der Waals surface area contributed by atoms with Crippen molar-refractivity contribution in [3.63, 3.8) is 0 Å². The summed E-state index contributed by atoms with van der Waals surface area (Å²) in [6.07, 6.45) is 0.486. The van der Waals surface area contributed by atoms with E-state index < -0.39 is 6.10 Å². The van der Waals surface area contributed by atoms with E-state index >= 15 is 0 Å². The van der Waals surface area contributed by atoms with E-state index in [-0.39, 0.29) is 6.10 Å². The third-order valence-electron chi connectivity index (χ3n) is 5.41.